The fraction of sp³-hybridized carbons (Fsp3) is 0.250. The van der Waals surface area contributed by atoms with Gasteiger partial charge in [0.15, 0.2) is 0 Å². The van der Waals surface area contributed by atoms with E-state index in [1.165, 1.54) is 11.1 Å². The van der Waals surface area contributed by atoms with Crippen molar-refractivity contribution in [3.8, 4) is 11.5 Å². The van der Waals surface area contributed by atoms with Crippen LogP contribution in [0.15, 0.2) is 84.9 Å². The lowest BCUT2D eigenvalue weighted by molar-refractivity contribution is 0.0851. The zero-order valence-corrected chi connectivity index (χ0v) is 17.8. The summed E-state index contributed by atoms with van der Waals surface area (Å²) < 4.78 is 23.5. The summed E-state index contributed by atoms with van der Waals surface area (Å²) in [5.41, 5.74) is 2.53. The first-order valence-corrected chi connectivity index (χ1v) is 10.9. The molecule has 0 amide bonds. The van der Waals surface area contributed by atoms with E-state index in [0.717, 1.165) is 0 Å². The Hall–Kier alpha value is -2.39. The highest BCUT2D eigenvalue weighted by atomic mass is 31.2. The van der Waals surface area contributed by atoms with E-state index in [9.17, 15) is 0 Å². The van der Waals surface area contributed by atoms with Crippen molar-refractivity contribution in [2.45, 2.75) is 26.4 Å². The van der Waals surface area contributed by atoms with Gasteiger partial charge in [-0.05, 0) is 41.3 Å². The Morgan fingerprint density at radius 2 is 1.24 bits per heavy atom. The highest BCUT2D eigenvalue weighted by Crippen LogP contribution is 2.41. The van der Waals surface area contributed by atoms with Crippen molar-refractivity contribution in [3.05, 3.63) is 96.1 Å². The molecule has 0 unspecified atom stereocenters. The fourth-order valence-corrected chi connectivity index (χ4v) is 3.74. The molecule has 0 radical (unpaired) electrons. The number of ether oxygens (including phenoxy) is 1. The SMILES string of the molecule is CC(C)c1ccccc1COCCOP(Oc1ccccc1)Oc1ccccc1. The van der Waals surface area contributed by atoms with E-state index in [2.05, 4.69) is 32.0 Å². The molecule has 152 valence electrons. The third-order valence-corrected chi connectivity index (χ3v) is 5.32. The van der Waals surface area contributed by atoms with Gasteiger partial charge in [-0.1, -0.05) is 74.5 Å². The topological polar surface area (TPSA) is 36.9 Å². The maximum Gasteiger partial charge on any atom is 0.463 e. The number of para-hydroxylation sites is 2. The minimum atomic E-state index is -1.58. The van der Waals surface area contributed by atoms with Crippen LogP contribution in [0.3, 0.4) is 0 Å². The lowest BCUT2D eigenvalue weighted by Gasteiger charge is -2.18. The number of rotatable bonds is 11. The van der Waals surface area contributed by atoms with Crippen LogP contribution < -0.4 is 9.05 Å². The van der Waals surface area contributed by atoms with Gasteiger partial charge in [-0.25, -0.2) is 0 Å². The van der Waals surface area contributed by atoms with Gasteiger partial charge in [0.05, 0.1) is 19.8 Å². The standard InChI is InChI=1S/C24H27O4P/c1-20(2)24-16-10-9-11-21(24)19-25-17-18-26-29(27-22-12-5-3-6-13-22)28-23-14-7-4-8-15-23/h3-16,20H,17-19H2,1-2H3. The van der Waals surface area contributed by atoms with Crippen LogP contribution in [0.5, 0.6) is 11.5 Å². The Bertz CT molecular complexity index is 798. The van der Waals surface area contributed by atoms with Gasteiger partial charge in [0.2, 0.25) is 0 Å². The molecule has 3 rings (SSSR count). The van der Waals surface area contributed by atoms with E-state index < -0.39 is 8.60 Å². The summed E-state index contributed by atoms with van der Waals surface area (Å²) in [6, 6.07) is 27.5. The Kier molecular flexibility index (Phi) is 8.51. The van der Waals surface area contributed by atoms with Crippen molar-refractivity contribution < 1.29 is 18.3 Å². The van der Waals surface area contributed by atoms with Gasteiger partial charge >= 0.3 is 8.60 Å². The van der Waals surface area contributed by atoms with Crippen LogP contribution >= 0.6 is 8.60 Å². The van der Waals surface area contributed by atoms with Crippen LogP contribution in [0.25, 0.3) is 0 Å². The molecule has 0 N–H and O–H groups in total. The third-order valence-electron chi connectivity index (χ3n) is 4.21. The maximum atomic E-state index is 5.90. The molecule has 3 aromatic carbocycles. The van der Waals surface area contributed by atoms with Crippen molar-refractivity contribution in [3.63, 3.8) is 0 Å². The van der Waals surface area contributed by atoms with Gasteiger partial charge in [0.1, 0.15) is 11.5 Å². The minimum absolute atomic E-state index is 0.384. The molecule has 0 heterocycles. The molecular formula is C24H27O4P. The largest absolute Gasteiger partial charge is 0.463 e. The van der Waals surface area contributed by atoms with E-state index in [1.807, 2.05) is 66.7 Å². The predicted octanol–water partition coefficient (Wildman–Crippen LogP) is 6.73. The summed E-state index contributed by atoms with van der Waals surface area (Å²) in [5.74, 6) is 1.89. The second-order valence-electron chi connectivity index (χ2n) is 6.77. The van der Waals surface area contributed by atoms with Crippen LogP contribution in [-0.2, 0) is 15.9 Å². The Morgan fingerprint density at radius 3 is 1.83 bits per heavy atom. The van der Waals surface area contributed by atoms with Crippen molar-refractivity contribution in [2.75, 3.05) is 13.2 Å². The Balaban J connectivity index is 1.50. The lowest BCUT2D eigenvalue weighted by atomic mass is 9.98. The van der Waals surface area contributed by atoms with Crippen LogP contribution in [0, 0.1) is 0 Å². The average molecular weight is 410 g/mol. The first-order valence-electron chi connectivity index (χ1n) is 9.77. The van der Waals surface area contributed by atoms with Gasteiger partial charge in [-0.2, -0.15) is 0 Å². The van der Waals surface area contributed by atoms with E-state index >= 15 is 0 Å². The first-order chi connectivity index (χ1) is 14.2. The molecule has 0 saturated carbocycles. The molecule has 3 aromatic rings. The second-order valence-corrected chi connectivity index (χ2v) is 7.84. The van der Waals surface area contributed by atoms with Gasteiger partial charge in [-0.15, -0.1) is 0 Å². The van der Waals surface area contributed by atoms with Crippen molar-refractivity contribution in [1.82, 2.24) is 0 Å². The van der Waals surface area contributed by atoms with E-state index in [0.29, 0.717) is 37.2 Å². The molecular weight excluding hydrogens is 383 g/mol. The van der Waals surface area contributed by atoms with Crippen LogP contribution in [0.2, 0.25) is 0 Å². The summed E-state index contributed by atoms with van der Waals surface area (Å²) in [5, 5.41) is 0. The molecule has 0 saturated heterocycles. The zero-order chi connectivity index (χ0) is 20.3. The smallest absolute Gasteiger partial charge is 0.418 e. The molecule has 0 aliphatic heterocycles. The Morgan fingerprint density at radius 1 is 0.690 bits per heavy atom. The van der Waals surface area contributed by atoms with Crippen molar-refractivity contribution in [1.29, 1.82) is 0 Å². The highest BCUT2D eigenvalue weighted by Gasteiger charge is 2.17. The van der Waals surface area contributed by atoms with Crippen LogP contribution in [0.1, 0.15) is 30.9 Å². The van der Waals surface area contributed by atoms with Gasteiger partial charge in [-0.3, -0.25) is 4.52 Å². The van der Waals surface area contributed by atoms with Crippen molar-refractivity contribution >= 4 is 8.60 Å². The van der Waals surface area contributed by atoms with Gasteiger partial charge < -0.3 is 13.8 Å². The normalized spacial score (nSPS) is 11.0. The quantitative estimate of drug-likeness (QED) is 0.259. The first kappa shape index (κ1) is 21.3. The summed E-state index contributed by atoms with van der Waals surface area (Å²) in [4.78, 5) is 0. The summed E-state index contributed by atoms with van der Waals surface area (Å²) in [6.07, 6.45) is 0. The van der Waals surface area contributed by atoms with Crippen LogP contribution in [-0.4, -0.2) is 13.2 Å². The summed E-state index contributed by atoms with van der Waals surface area (Å²) in [6.45, 7) is 5.79. The zero-order valence-electron chi connectivity index (χ0n) is 16.9. The highest BCUT2D eigenvalue weighted by molar-refractivity contribution is 7.42. The predicted molar refractivity (Wildman–Crippen MR) is 117 cm³/mol. The molecule has 29 heavy (non-hydrogen) atoms. The fourth-order valence-electron chi connectivity index (χ4n) is 2.79. The molecule has 4 nitrogen and oxygen atoms in total. The molecule has 0 aromatic heterocycles. The van der Waals surface area contributed by atoms with E-state index in [-0.39, 0.29) is 0 Å². The molecule has 0 aliphatic rings. The number of benzene rings is 3. The Labute approximate surface area is 174 Å². The average Bonchev–Trinajstić information content (AvgIpc) is 2.75. The molecule has 0 aliphatic carbocycles. The number of hydrogen-bond donors (Lipinski definition) is 0. The molecule has 0 atom stereocenters. The van der Waals surface area contributed by atoms with E-state index in [1.54, 1.807) is 0 Å². The lowest BCUT2D eigenvalue weighted by Crippen LogP contribution is -2.07. The molecule has 0 fully saturated rings. The summed E-state index contributed by atoms with van der Waals surface area (Å²) in [7, 11) is -1.58. The third kappa shape index (κ3) is 7.17. The molecule has 0 spiro atoms. The van der Waals surface area contributed by atoms with Crippen molar-refractivity contribution in [2.24, 2.45) is 0 Å². The number of hydrogen-bond acceptors (Lipinski definition) is 4. The van der Waals surface area contributed by atoms with Crippen LogP contribution in [0.4, 0.5) is 0 Å². The molecule has 0 bridgehead atoms. The maximum absolute atomic E-state index is 5.90. The van der Waals surface area contributed by atoms with Gasteiger partial charge in [0, 0.05) is 0 Å². The molecule has 5 heteroatoms. The van der Waals surface area contributed by atoms with Gasteiger partial charge in [0.25, 0.3) is 0 Å². The summed E-state index contributed by atoms with van der Waals surface area (Å²) >= 11 is 0. The second kappa shape index (κ2) is 11.6. The monoisotopic (exact) mass is 410 g/mol. The minimum Gasteiger partial charge on any atom is -0.418 e. The van der Waals surface area contributed by atoms with E-state index in [4.69, 9.17) is 18.3 Å².